The van der Waals surface area contributed by atoms with E-state index in [2.05, 4.69) is 5.32 Å². The van der Waals surface area contributed by atoms with Crippen LogP contribution < -0.4 is 5.32 Å². The van der Waals surface area contributed by atoms with E-state index in [0.717, 1.165) is 6.42 Å². The number of sulfone groups is 1. The molecular weight excluding hydrogens is 260 g/mol. The van der Waals surface area contributed by atoms with Gasteiger partial charge in [-0.15, -0.1) is 0 Å². The lowest BCUT2D eigenvalue weighted by Crippen LogP contribution is -2.39. The van der Waals surface area contributed by atoms with E-state index in [1.54, 1.807) is 0 Å². The smallest absolute Gasteiger partial charge is 0.248 e. The van der Waals surface area contributed by atoms with Crippen LogP contribution in [0.5, 0.6) is 0 Å². The maximum Gasteiger partial charge on any atom is 0.248 e. The number of hydrogen-bond donors (Lipinski definition) is 1. The van der Waals surface area contributed by atoms with Crippen LogP contribution >= 0.6 is 0 Å². The molecule has 108 valence electrons. The Labute approximate surface area is 108 Å². The van der Waals surface area contributed by atoms with Crippen LogP contribution in [0.15, 0.2) is 0 Å². The molecule has 1 saturated carbocycles. The van der Waals surface area contributed by atoms with Crippen LogP contribution in [-0.2, 0) is 9.84 Å². The molecule has 0 aromatic carbocycles. The van der Waals surface area contributed by atoms with Gasteiger partial charge < -0.3 is 5.32 Å². The number of halogens is 2. The van der Waals surface area contributed by atoms with Gasteiger partial charge in [0.15, 0.2) is 0 Å². The lowest BCUT2D eigenvalue weighted by Gasteiger charge is -2.31. The third-order valence-corrected chi connectivity index (χ3v) is 4.36. The summed E-state index contributed by atoms with van der Waals surface area (Å²) in [5, 5.41) is 3.09. The highest BCUT2D eigenvalue weighted by molar-refractivity contribution is 7.90. The van der Waals surface area contributed by atoms with Crippen LogP contribution in [0.1, 0.15) is 39.0 Å². The number of hydrogen-bond acceptors (Lipinski definition) is 3. The summed E-state index contributed by atoms with van der Waals surface area (Å²) < 4.78 is 49.2. The van der Waals surface area contributed by atoms with Gasteiger partial charge in [-0.3, -0.25) is 0 Å². The first-order chi connectivity index (χ1) is 8.22. The molecule has 0 bridgehead atoms. The first kappa shape index (κ1) is 15.8. The summed E-state index contributed by atoms with van der Waals surface area (Å²) in [5.74, 6) is -2.60. The third-order valence-electron chi connectivity index (χ3n) is 3.36. The largest absolute Gasteiger partial charge is 0.313 e. The van der Waals surface area contributed by atoms with Crippen LogP contribution in [0.4, 0.5) is 8.78 Å². The maximum absolute atomic E-state index is 13.3. The van der Waals surface area contributed by atoms with Crippen LogP contribution in [0.2, 0.25) is 0 Å². The minimum absolute atomic E-state index is 0.0263. The molecule has 3 nitrogen and oxygen atoms in total. The molecule has 6 heteroatoms. The second-order valence-electron chi connectivity index (χ2n) is 5.40. The molecule has 1 N–H and O–H groups in total. The third kappa shape index (κ3) is 6.09. The molecule has 0 heterocycles. The SMILES string of the molecule is CCNC(CC1CCCC(F)(F)C1)CS(C)(=O)=O. The molecule has 0 aromatic rings. The Hall–Kier alpha value is -0.230. The quantitative estimate of drug-likeness (QED) is 0.813. The van der Waals surface area contributed by atoms with Crippen molar-refractivity contribution in [3.8, 4) is 0 Å². The maximum atomic E-state index is 13.3. The van der Waals surface area contributed by atoms with Crippen LogP contribution in [0.25, 0.3) is 0 Å². The summed E-state index contributed by atoms with van der Waals surface area (Å²) in [4.78, 5) is 0. The average molecular weight is 283 g/mol. The van der Waals surface area contributed by atoms with Crippen LogP contribution in [-0.4, -0.2) is 38.9 Å². The second kappa shape index (κ2) is 6.28. The van der Waals surface area contributed by atoms with Gasteiger partial charge in [0.25, 0.3) is 0 Å². The van der Waals surface area contributed by atoms with Gasteiger partial charge >= 0.3 is 0 Å². The lowest BCUT2D eigenvalue weighted by atomic mass is 9.83. The van der Waals surface area contributed by atoms with Crippen molar-refractivity contribution in [2.24, 2.45) is 5.92 Å². The van der Waals surface area contributed by atoms with Crippen molar-refractivity contribution in [1.29, 1.82) is 0 Å². The van der Waals surface area contributed by atoms with Crippen molar-refractivity contribution in [3.63, 3.8) is 0 Å². The van der Waals surface area contributed by atoms with E-state index < -0.39 is 15.8 Å². The van der Waals surface area contributed by atoms with E-state index in [0.29, 0.717) is 19.4 Å². The fraction of sp³-hybridized carbons (Fsp3) is 1.00. The highest BCUT2D eigenvalue weighted by Gasteiger charge is 2.37. The molecule has 0 aromatic heterocycles. The molecule has 0 saturated heterocycles. The Morgan fingerprint density at radius 3 is 2.61 bits per heavy atom. The molecule has 1 rings (SSSR count). The fourth-order valence-electron chi connectivity index (χ4n) is 2.74. The predicted molar refractivity (Wildman–Crippen MR) is 68.7 cm³/mol. The Bertz CT molecular complexity index is 357. The molecule has 18 heavy (non-hydrogen) atoms. The molecule has 0 radical (unpaired) electrons. The number of nitrogens with one attached hydrogen (secondary N) is 1. The Kier molecular flexibility index (Phi) is 5.52. The van der Waals surface area contributed by atoms with Crippen LogP contribution in [0, 0.1) is 5.92 Å². The van der Waals surface area contributed by atoms with Crippen molar-refractivity contribution < 1.29 is 17.2 Å². The molecule has 0 amide bonds. The van der Waals surface area contributed by atoms with Crippen molar-refractivity contribution in [2.75, 3.05) is 18.6 Å². The van der Waals surface area contributed by atoms with Crippen molar-refractivity contribution >= 4 is 9.84 Å². The van der Waals surface area contributed by atoms with Crippen LogP contribution in [0.3, 0.4) is 0 Å². The highest BCUT2D eigenvalue weighted by atomic mass is 32.2. The normalized spacial score (nSPS) is 25.9. The van der Waals surface area contributed by atoms with E-state index in [4.69, 9.17) is 0 Å². The topological polar surface area (TPSA) is 46.2 Å². The standard InChI is InChI=1S/C12H23F2NO2S/c1-3-15-11(9-18(2,16)17)7-10-5-4-6-12(13,14)8-10/h10-11,15H,3-9H2,1-2H3. The van der Waals surface area contributed by atoms with Crippen molar-refractivity contribution in [1.82, 2.24) is 5.32 Å². The zero-order valence-corrected chi connectivity index (χ0v) is 11.9. The molecule has 0 spiro atoms. The molecule has 2 unspecified atom stereocenters. The van der Waals surface area contributed by atoms with Gasteiger partial charge in [-0.05, 0) is 31.7 Å². The number of rotatable bonds is 6. The molecular formula is C12H23F2NO2S. The summed E-state index contributed by atoms with van der Waals surface area (Å²) in [7, 11) is -3.08. The minimum atomic E-state index is -3.08. The summed E-state index contributed by atoms with van der Waals surface area (Å²) in [6.07, 6.45) is 2.90. The van der Waals surface area contributed by atoms with E-state index in [1.807, 2.05) is 6.92 Å². The second-order valence-corrected chi connectivity index (χ2v) is 7.59. The first-order valence-electron chi connectivity index (χ1n) is 6.51. The summed E-state index contributed by atoms with van der Waals surface area (Å²) in [6, 6.07) is -0.205. The van der Waals surface area contributed by atoms with Crippen molar-refractivity contribution in [2.45, 2.75) is 51.0 Å². The zero-order valence-electron chi connectivity index (χ0n) is 11.1. The van der Waals surface area contributed by atoms with Gasteiger partial charge in [0, 0.05) is 25.1 Å². The van der Waals surface area contributed by atoms with Gasteiger partial charge in [-0.2, -0.15) is 0 Å². The molecule has 1 fully saturated rings. The predicted octanol–water partition coefficient (Wildman–Crippen LogP) is 2.22. The van der Waals surface area contributed by atoms with Gasteiger partial charge in [0.05, 0.1) is 5.75 Å². The minimum Gasteiger partial charge on any atom is -0.313 e. The van der Waals surface area contributed by atoms with Gasteiger partial charge in [0.1, 0.15) is 9.84 Å². The van der Waals surface area contributed by atoms with E-state index in [-0.39, 0.29) is 30.6 Å². The summed E-state index contributed by atoms with van der Waals surface area (Å²) >= 11 is 0. The van der Waals surface area contributed by atoms with E-state index in [9.17, 15) is 17.2 Å². The van der Waals surface area contributed by atoms with Gasteiger partial charge in [0.2, 0.25) is 5.92 Å². The molecule has 0 aliphatic heterocycles. The Morgan fingerprint density at radius 2 is 2.11 bits per heavy atom. The fourth-order valence-corrected chi connectivity index (χ4v) is 3.73. The van der Waals surface area contributed by atoms with E-state index >= 15 is 0 Å². The van der Waals surface area contributed by atoms with Gasteiger partial charge in [-0.25, -0.2) is 17.2 Å². The lowest BCUT2D eigenvalue weighted by molar-refractivity contribution is -0.0544. The summed E-state index contributed by atoms with van der Waals surface area (Å²) in [5.41, 5.74) is 0. The first-order valence-corrected chi connectivity index (χ1v) is 8.57. The summed E-state index contributed by atoms with van der Waals surface area (Å²) in [6.45, 7) is 2.55. The molecule has 1 aliphatic rings. The highest BCUT2D eigenvalue weighted by Crippen LogP contribution is 2.38. The Balaban J connectivity index is 2.55. The molecule has 2 atom stereocenters. The molecule has 1 aliphatic carbocycles. The van der Waals surface area contributed by atoms with Gasteiger partial charge in [-0.1, -0.05) is 6.92 Å². The van der Waals surface area contributed by atoms with E-state index in [1.165, 1.54) is 6.26 Å². The average Bonchev–Trinajstić information content (AvgIpc) is 2.13. The van der Waals surface area contributed by atoms with Crippen molar-refractivity contribution in [3.05, 3.63) is 0 Å². The monoisotopic (exact) mass is 283 g/mol. The zero-order chi connectivity index (χ0) is 13.8. The Morgan fingerprint density at radius 1 is 1.44 bits per heavy atom. The number of alkyl halides is 2.